The summed E-state index contributed by atoms with van der Waals surface area (Å²) in [5.74, 6) is -3.99. The van der Waals surface area contributed by atoms with E-state index in [9.17, 15) is 23.2 Å². The van der Waals surface area contributed by atoms with E-state index in [-0.39, 0.29) is 0 Å². The van der Waals surface area contributed by atoms with Gasteiger partial charge in [0.2, 0.25) is 11.8 Å². The monoisotopic (exact) mass is 445 g/mol. The maximum Gasteiger partial charge on any atom is 0.268 e. The predicted molar refractivity (Wildman–Crippen MR) is 109 cm³/mol. The third-order valence-corrected chi connectivity index (χ3v) is 4.46. The third-order valence-electron chi connectivity index (χ3n) is 4.46. The van der Waals surface area contributed by atoms with Gasteiger partial charge in [0.1, 0.15) is 11.8 Å². The van der Waals surface area contributed by atoms with E-state index >= 15 is 0 Å². The number of hydrogen-bond donors (Lipinski definition) is 2. The SMILES string of the molecule is COc1ccc(C(N)=O)cc1.N#C[C@@H]1CC(F)(F)CN1C(=O)CNC(=O)c1ccncc1. The largest absolute Gasteiger partial charge is 0.497 e. The molecule has 3 N–H and O–H groups in total. The second kappa shape index (κ2) is 10.8. The van der Waals surface area contributed by atoms with Gasteiger partial charge in [-0.15, -0.1) is 0 Å². The molecule has 11 heteroatoms. The van der Waals surface area contributed by atoms with E-state index in [4.69, 9.17) is 15.7 Å². The molecule has 0 saturated carbocycles. The van der Waals surface area contributed by atoms with Crippen LogP contribution in [0.4, 0.5) is 8.78 Å². The first-order chi connectivity index (χ1) is 15.2. The standard InChI is InChI=1S/C13H12F2N4O2.C8H9NO2/c14-13(15)5-10(6-16)19(8-13)11(20)7-18-12(21)9-1-3-17-4-2-9;1-11-7-4-2-6(3-5-7)8(9)10/h1-4,10H,5,7-8H2,(H,18,21);2-5H,1H3,(H2,9,10)/t10-;/m0./s1. The molecule has 0 spiro atoms. The first-order valence-corrected chi connectivity index (χ1v) is 9.36. The number of nitrogens with one attached hydrogen (secondary N) is 1. The highest BCUT2D eigenvalue weighted by Crippen LogP contribution is 2.31. The molecule has 3 rings (SSSR count). The number of amides is 3. The molecular weight excluding hydrogens is 424 g/mol. The number of aromatic nitrogens is 1. The Bertz CT molecular complexity index is 993. The van der Waals surface area contributed by atoms with Crippen LogP contribution in [0.15, 0.2) is 48.8 Å². The molecule has 1 fully saturated rings. The number of alkyl halides is 2. The van der Waals surface area contributed by atoms with Gasteiger partial charge in [0.25, 0.3) is 11.8 Å². The minimum absolute atomic E-state index is 0.307. The van der Waals surface area contributed by atoms with Crippen molar-refractivity contribution in [2.45, 2.75) is 18.4 Å². The first-order valence-electron chi connectivity index (χ1n) is 9.36. The summed E-state index contributed by atoms with van der Waals surface area (Å²) in [5.41, 5.74) is 5.82. The Kier molecular flexibility index (Phi) is 8.17. The number of primary amides is 1. The molecule has 2 aromatic rings. The number of likely N-dealkylation sites (tertiary alicyclic amines) is 1. The zero-order valence-corrected chi connectivity index (χ0v) is 17.1. The number of ether oxygens (including phenoxy) is 1. The Hall–Kier alpha value is -4.07. The molecule has 0 aliphatic carbocycles. The minimum Gasteiger partial charge on any atom is -0.497 e. The number of rotatable bonds is 5. The highest BCUT2D eigenvalue weighted by molar-refractivity contribution is 5.96. The van der Waals surface area contributed by atoms with Crippen molar-refractivity contribution in [2.24, 2.45) is 5.73 Å². The Morgan fingerprint density at radius 1 is 1.22 bits per heavy atom. The van der Waals surface area contributed by atoms with Crippen LogP contribution in [0, 0.1) is 11.3 Å². The molecular formula is C21H21F2N5O4. The molecule has 0 radical (unpaired) electrons. The summed E-state index contributed by atoms with van der Waals surface area (Å²) in [5, 5.41) is 11.1. The number of halogens is 2. The number of carbonyl (C=O) groups excluding carboxylic acids is 3. The van der Waals surface area contributed by atoms with Crippen molar-refractivity contribution in [3.8, 4) is 11.8 Å². The Morgan fingerprint density at radius 3 is 2.38 bits per heavy atom. The van der Waals surface area contributed by atoms with Crippen LogP contribution in [0.3, 0.4) is 0 Å². The van der Waals surface area contributed by atoms with Crippen molar-refractivity contribution in [1.29, 1.82) is 5.26 Å². The lowest BCUT2D eigenvalue weighted by molar-refractivity contribution is -0.131. The van der Waals surface area contributed by atoms with Crippen LogP contribution in [-0.4, -0.2) is 59.8 Å². The van der Waals surface area contributed by atoms with E-state index in [1.54, 1.807) is 37.4 Å². The third kappa shape index (κ3) is 6.73. The lowest BCUT2D eigenvalue weighted by Gasteiger charge is -2.19. The quantitative estimate of drug-likeness (QED) is 0.713. The summed E-state index contributed by atoms with van der Waals surface area (Å²) in [4.78, 5) is 38.7. The summed E-state index contributed by atoms with van der Waals surface area (Å²) in [6.45, 7) is -1.23. The molecule has 1 atom stereocenters. The number of nitrogens with two attached hydrogens (primary N) is 1. The van der Waals surface area contributed by atoms with Gasteiger partial charge in [0.05, 0.1) is 26.3 Å². The molecule has 9 nitrogen and oxygen atoms in total. The van der Waals surface area contributed by atoms with E-state index < -0.39 is 49.2 Å². The van der Waals surface area contributed by atoms with Gasteiger partial charge in [-0.1, -0.05) is 0 Å². The second-order valence-electron chi connectivity index (χ2n) is 6.74. The fourth-order valence-electron chi connectivity index (χ4n) is 2.81. The number of nitriles is 1. The van der Waals surface area contributed by atoms with Gasteiger partial charge in [-0.3, -0.25) is 19.4 Å². The lowest BCUT2D eigenvalue weighted by Crippen LogP contribution is -2.42. The van der Waals surface area contributed by atoms with Crippen LogP contribution < -0.4 is 15.8 Å². The van der Waals surface area contributed by atoms with Gasteiger partial charge in [-0.05, 0) is 36.4 Å². The molecule has 32 heavy (non-hydrogen) atoms. The highest BCUT2D eigenvalue weighted by Gasteiger charge is 2.47. The average Bonchev–Trinajstić information content (AvgIpc) is 3.13. The van der Waals surface area contributed by atoms with Crippen LogP contribution >= 0.6 is 0 Å². The number of hydrogen-bond acceptors (Lipinski definition) is 6. The Balaban J connectivity index is 0.000000278. The van der Waals surface area contributed by atoms with E-state index in [2.05, 4.69) is 10.3 Å². The van der Waals surface area contributed by atoms with E-state index in [0.717, 1.165) is 10.6 Å². The topological polar surface area (TPSA) is 138 Å². The van der Waals surface area contributed by atoms with Crippen LogP contribution in [0.2, 0.25) is 0 Å². The normalized spacial score (nSPS) is 16.2. The van der Waals surface area contributed by atoms with E-state index in [1.165, 1.54) is 24.5 Å². The maximum absolute atomic E-state index is 13.2. The molecule has 1 aliphatic heterocycles. The summed E-state index contributed by atoms with van der Waals surface area (Å²) in [6, 6.07) is 10.1. The molecule has 2 heterocycles. The van der Waals surface area contributed by atoms with Crippen molar-refractivity contribution in [2.75, 3.05) is 20.2 Å². The number of benzene rings is 1. The molecule has 3 amide bonds. The van der Waals surface area contributed by atoms with Crippen LogP contribution in [0.1, 0.15) is 27.1 Å². The lowest BCUT2D eigenvalue weighted by atomic mass is 10.2. The summed E-state index contributed by atoms with van der Waals surface area (Å²) in [7, 11) is 1.57. The summed E-state index contributed by atoms with van der Waals surface area (Å²) in [6.07, 6.45) is 2.17. The Morgan fingerprint density at radius 2 is 1.84 bits per heavy atom. The molecule has 1 saturated heterocycles. The fraction of sp³-hybridized carbons (Fsp3) is 0.286. The zero-order chi connectivity index (χ0) is 23.7. The van der Waals surface area contributed by atoms with Crippen molar-refractivity contribution in [3.05, 3.63) is 59.9 Å². The number of methoxy groups -OCH3 is 1. The van der Waals surface area contributed by atoms with Gasteiger partial charge in [0.15, 0.2) is 0 Å². The van der Waals surface area contributed by atoms with Crippen LogP contribution in [0.5, 0.6) is 5.75 Å². The van der Waals surface area contributed by atoms with E-state index in [1.807, 2.05) is 0 Å². The summed E-state index contributed by atoms with van der Waals surface area (Å²) >= 11 is 0. The zero-order valence-electron chi connectivity index (χ0n) is 17.1. The first kappa shape index (κ1) is 24.2. The molecule has 0 bridgehead atoms. The van der Waals surface area contributed by atoms with Gasteiger partial charge >= 0.3 is 0 Å². The predicted octanol–water partition coefficient (Wildman–Crippen LogP) is 1.37. The molecule has 1 aromatic heterocycles. The van der Waals surface area contributed by atoms with Crippen LogP contribution in [0.25, 0.3) is 0 Å². The fourth-order valence-corrected chi connectivity index (χ4v) is 2.81. The van der Waals surface area contributed by atoms with Crippen molar-refractivity contribution < 1.29 is 27.9 Å². The molecule has 1 aliphatic rings. The minimum atomic E-state index is -3.06. The van der Waals surface area contributed by atoms with Crippen molar-refractivity contribution in [3.63, 3.8) is 0 Å². The summed E-state index contributed by atoms with van der Waals surface area (Å²) < 4.78 is 31.3. The maximum atomic E-state index is 13.2. The molecule has 0 unspecified atom stereocenters. The Labute approximate surface area is 182 Å². The van der Waals surface area contributed by atoms with Crippen molar-refractivity contribution in [1.82, 2.24) is 15.2 Å². The smallest absolute Gasteiger partial charge is 0.268 e. The van der Waals surface area contributed by atoms with Crippen molar-refractivity contribution >= 4 is 17.7 Å². The number of nitrogens with zero attached hydrogens (tertiary/aromatic N) is 3. The van der Waals surface area contributed by atoms with Gasteiger partial charge < -0.3 is 20.7 Å². The van der Waals surface area contributed by atoms with Gasteiger partial charge in [0, 0.05) is 29.9 Å². The van der Waals surface area contributed by atoms with Crippen LogP contribution in [-0.2, 0) is 4.79 Å². The molecule has 1 aromatic carbocycles. The number of pyridine rings is 1. The van der Waals surface area contributed by atoms with Gasteiger partial charge in [-0.2, -0.15) is 5.26 Å². The second-order valence-corrected chi connectivity index (χ2v) is 6.74. The number of carbonyl (C=O) groups is 3. The van der Waals surface area contributed by atoms with E-state index in [0.29, 0.717) is 11.1 Å². The molecule has 168 valence electrons. The van der Waals surface area contributed by atoms with Gasteiger partial charge in [-0.25, -0.2) is 8.78 Å². The average molecular weight is 445 g/mol. The highest BCUT2D eigenvalue weighted by atomic mass is 19.3.